The molecule has 2 aromatic rings. The van der Waals surface area contributed by atoms with Crippen molar-refractivity contribution in [3.05, 3.63) is 41.5 Å². The quantitative estimate of drug-likeness (QED) is 0.904. The van der Waals surface area contributed by atoms with E-state index < -0.39 is 0 Å². The molecule has 0 aliphatic heterocycles. The zero-order valence-corrected chi connectivity index (χ0v) is 11.7. The summed E-state index contributed by atoms with van der Waals surface area (Å²) in [6, 6.07) is 7.12. The summed E-state index contributed by atoms with van der Waals surface area (Å²) in [5, 5.41) is 6.58. The van der Waals surface area contributed by atoms with Gasteiger partial charge in [0.15, 0.2) is 6.61 Å². The van der Waals surface area contributed by atoms with E-state index in [0.29, 0.717) is 23.0 Å². The van der Waals surface area contributed by atoms with Crippen molar-refractivity contribution in [1.82, 2.24) is 15.5 Å². The minimum Gasteiger partial charge on any atom is -0.485 e. The molecule has 0 radical (unpaired) electrons. The summed E-state index contributed by atoms with van der Waals surface area (Å²) in [5.41, 5.74) is 0.487. The zero-order chi connectivity index (χ0) is 14.5. The summed E-state index contributed by atoms with van der Waals surface area (Å²) in [7, 11) is 0. The molecule has 0 saturated heterocycles. The third-order valence-corrected chi connectivity index (χ3v) is 2.48. The van der Waals surface area contributed by atoms with E-state index in [9.17, 15) is 4.79 Å². The highest BCUT2D eigenvalue weighted by Gasteiger charge is 2.13. The van der Waals surface area contributed by atoms with Crippen LogP contribution >= 0.6 is 0 Å². The van der Waals surface area contributed by atoms with Crippen LogP contribution in [0.3, 0.4) is 0 Å². The van der Waals surface area contributed by atoms with Crippen molar-refractivity contribution in [2.45, 2.75) is 33.4 Å². The van der Waals surface area contributed by atoms with Crippen LogP contribution in [0.25, 0.3) is 0 Å². The number of carbonyl (C=O) groups excluding carboxylic acids is 1. The number of nitrogens with one attached hydrogen (secondary N) is 1. The molecule has 106 valence electrons. The smallest absolute Gasteiger partial charge is 0.255 e. The Morgan fingerprint density at radius 1 is 1.40 bits per heavy atom. The van der Waals surface area contributed by atoms with Crippen molar-refractivity contribution in [3.8, 4) is 5.75 Å². The molecule has 0 fully saturated rings. The van der Waals surface area contributed by atoms with Crippen LogP contribution in [0.1, 0.15) is 35.9 Å². The molecule has 0 bridgehead atoms. The Morgan fingerprint density at radius 2 is 2.15 bits per heavy atom. The molecule has 0 atom stereocenters. The average Bonchev–Trinajstić information content (AvgIpc) is 2.82. The SMILES string of the molecule is Cc1nc(COc2ccccc2C(=O)NC(C)C)no1. The Morgan fingerprint density at radius 3 is 2.80 bits per heavy atom. The van der Waals surface area contributed by atoms with Gasteiger partial charge >= 0.3 is 0 Å². The van der Waals surface area contributed by atoms with Crippen molar-refractivity contribution >= 4 is 5.91 Å². The van der Waals surface area contributed by atoms with Crippen LogP contribution < -0.4 is 10.1 Å². The van der Waals surface area contributed by atoms with E-state index in [0.717, 1.165) is 0 Å². The second-order valence-electron chi connectivity index (χ2n) is 4.64. The van der Waals surface area contributed by atoms with Crippen molar-refractivity contribution in [2.24, 2.45) is 0 Å². The number of ether oxygens (including phenoxy) is 1. The lowest BCUT2D eigenvalue weighted by Gasteiger charge is -2.12. The fourth-order valence-electron chi connectivity index (χ4n) is 1.66. The summed E-state index contributed by atoms with van der Waals surface area (Å²) in [4.78, 5) is 16.1. The summed E-state index contributed by atoms with van der Waals surface area (Å²) < 4.78 is 10.5. The lowest BCUT2D eigenvalue weighted by molar-refractivity contribution is 0.0938. The van der Waals surface area contributed by atoms with Crippen LogP contribution in [0.15, 0.2) is 28.8 Å². The summed E-state index contributed by atoms with van der Waals surface area (Å²) in [6.07, 6.45) is 0. The van der Waals surface area contributed by atoms with Gasteiger partial charge in [-0.2, -0.15) is 4.98 Å². The van der Waals surface area contributed by atoms with Crippen LogP contribution in [-0.2, 0) is 6.61 Å². The standard InChI is InChI=1S/C14H17N3O3/c1-9(2)15-14(18)11-6-4-5-7-12(11)19-8-13-16-10(3)20-17-13/h4-7,9H,8H2,1-3H3,(H,15,18). The molecular formula is C14H17N3O3. The van der Waals surface area contributed by atoms with E-state index in [2.05, 4.69) is 15.5 Å². The van der Waals surface area contributed by atoms with Crippen LogP contribution in [0.2, 0.25) is 0 Å². The number of carbonyl (C=O) groups is 1. The van der Waals surface area contributed by atoms with E-state index in [1.54, 1.807) is 25.1 Å². The first-order valence-electron chi connectivity index (χ1n) is 6.38. The first-order valence-corrected chi connectivity index (χ1v) is 6.38. The van der Waals surface area contributed by atoms with E-state index in [1.807, 2.05) is 19.9 Å². The molecule has 6 nitrogen and oxygen atoms in total. The van der Waals surface area contributed by atoms with Gasteiger partial charge in [0.1, 0.15) is 5.75 Å². The normalized spacial score (nSPS) is 10.6. The largest absolute Gasteiger partial charge is 0.485 e. The number of aromatic nitrogens is 2. The molecule has 20 heavy (non-hydrogen) atoms. The molecule has 1 heterocycles. The minimum absolute atomic E-state index is 0.0652. The van der Waals surface area contributed by atoms with Gasteiger partial charge in [-0.1, -0.05) is 17.3 Å². The van der Waals surface area contributed by atoms with Crippen LogP contribution in [0.5, 0.6) is 5.75 Å². The fraction of sp³-hybridized carbons (Fsp3) is 0.357. The predicted octanol–water partition coefficient (Wildman–Crippen LogP) is 2.10. The minimum atomic E-state index is -0.167. The van der Waals surface area contributed by atoms with Gasteiger partial charge < -0.3 is 14.6 Å². The first kappa shape index (κ1) is 14.0. The number of amides is 1. The number of nitrogens with zero attached hydrogens (tertiary/aromatic N) is 2. The first-order chi connectivity index (χ1) is 9.56. The lowest BCUT2D eigenvalue weighted by atomic mass is 10.2. The number of benzene rings is 1. The Kier molecular flexibility index (Phi) is 4.34. The topological polar surface area (TPSA) is 77.2 Å². The van der Waals surface area contributed by atoms with Gasteiger partial charge in [-0.3, -0.25) is 4.79 Å². The van der Waals surface area contributed by atoms with Crippen LogP contribution in [-0.4, -0.2) is 22.1 Å². The molecule has 1 amide bonds. The van der Waals surface area contributed by atoms with Gasteiger partial charge in [0.25, 0.3) is 5.91 Å². The van der Waals surface area contributed by atoms with Gasteiger partial charge in [-0.25, -0.2) is 0 Å². The molecular weight excluding hydrogens is 258 g/mol. The predicted molar refractivity (Wildman–Crippen MR) is 72.4 cm³/mol. The van der Waals surface area contributed by atoms with Gasteiger partial charge in [0.2, 0.25) is 11.7 Å². The highest BCUT2D eigenvalue weighted by Crippen LogP contribution is 2.19. The van der Waals surface area contributed by atoms with Crippen molar-refractivity contribution in [1.29, 1.82) is 0 Å². The Hall–Kier alpha value is -2.37. The average molecular weight is 275 g/mol. The highest BCUT2D eigenvalue weighted by atomic mass is 16.5. The Bertz CT molecular complexity index is 593. The van der Waals surface area contributed by atoms with Crippen LogP contribution in [0, 0.1) is 6.92 Å². The number of hydrogen-bond donors (Lipinski definition) is 1. The van der Waals surface area contributed by atoms with E-state index in [-0.39, 0.29) is 18.6 Å². The Balaban J connectivity index is 2.09. The van der Waals surface area contributed by atoms with Crippen LogP contribution in [0.4, 0.5) is 0 Å². The molecule has 0 saturated carbocycles. The maximum atomic E-state index is 12.1. The number of para-hydroxylation sites is 1. The van der Waals surface area contributed by atoms with E-state index in [4.69, 9.17) is 9.26 Å². The molecule has 2 rings (SSSR count). The van der Waals surface area contributed by atoms with E-state index in [1.165, 1.54) is 0 Å². The molecule has 0 aliphatic rings. The molecule has 0 unspecified atom stereocenters. The molecule has 0 aliphatic carbocycles. The van der Waals surface area contributed by atoms with Crippen molar-refractivity contribution in [3.63, 3.8) is 0 Å². The summed E-state index contributed by atoms with van der Waals surface area (Å²) in [6.45, 7) is 5.68. The molecule has 1 aromatic carbocycles. The summed E-state index contributed by atoms with van der Waals surface area (Å²) in [5.74, 6) is 1.25. The number of aryl methyl sites for hydroxylation is 1. The van der Waals surface area contributed by atoms with Gasteiger partial charge in [-0.15, -0.1) is 0 Å². The van der Waals surface area contributed by atoms with E-state index >= 15 is 0 Å². The second-order valence-corrected chi connectivity index (χ2v) is 4.64. The van der Waals surface area contributed by atoms with Crippen molar-refractivity contribution < 1.29 is 14.1 Å². The van der Waals surface area contributed by atoms with Gasteiger partial charge in [0, 0.05) is 13.0 Å². The molecule has 1 aromatic heterocycles. The maximum Gasteiger partial charge on any atom is 0.255 e. The highest BCUT2D eigenvalue weighted by molar-refractivity contribution is 5.97. The zero-order valence-electron chi connectivity index (χ0n) is 11.7. The molecule has 1 N–H and O–H groups in total. The monoisotopic (exact) mass is 275 g/mol. The van der Waals surface area contributed by atoms with Gasteiger partial charge in [-0.05, 0) is 26.0 Å². The van der Waals surface area contributed by atoms with Crippen molar-refractivity contribution in [2.75, 3.05) is 0 Å². The van der Waals surface area contributed by atoms with Gasteiger partial charge in [0.05, 0.1) is 5.56 Å². The second kappa shape index (κ2) is 6.18. The third-order valence-electron chi connectivity index (χ3n) is 2.48. The maximum absolute atomic E-state index is 12.1. The molecule has 0 spiro atoms. The number of hydrogen-bond acceptors (Lipinski definition) is 5. The molecule has 6 heteroatoms. The fourth-order valence-corrected chi connectivity index (χ4v) is 1.66. The third kappa shape index (κ3) is 3.57. The Labute approximate surface area is 117 Å². The number of rotatable bonds is 5. The lowest BCUT2D eigenvalue weighted by Crippen LogP contribution is -2.30. The summed E-state index contributed by atoms with van der Waals surface area (Å²) >= 11 is 0.